The van der Waals surface area contributed by atoms with Crippen LogP contribution in [0.3, 0.4) is 0 Å². The van der Waals surface area contributed by atoms with E-state index in [4.69, 9.17) is 0 Å². The predicted molar refractivity (Wildman–Crippen MR) is 212 cm³/mol. The standard InChI is InChI=1S/C40H32N2.C7H8/c1-28-12-6-7-13-30(28)22-24-41-25-23-31-26-32(21-20-29(31)2)37-27-38-35-17-10-11-19-39(35)42(33-14-4-3-5-15-33)40(38)36-18-9-8-16-34(36)37;1-7-5-3-2-4-6-7/h3-27,41H,1-2H3;2-6H,1H3/b24-22+,25-23-;. The number of aromatic nitrogens is 1. The van der Waals surface area contributed by atoms with Crippen LogP contribution >= 0.6 is 0 Å². The van der Waals surface area contributed by atoms with Crippen LogP contribution in [0, 0.1) is 20.8 Å². The monoisotopic (exact) mass is 632 g/mol. The van der Waals surface area contributed by atoms with E-state index in [1.54, 1.807) is 0 Å². The fourth-order valence-electron chi connectivity index (χ4n) is 6.53. The minimum Gasteiger partial charge on any atom is -0.368 e. The van der Waals surface area contributed by atoms with E-state index in [2.05, 4.69) is 182 Å². The van der Waals surface area contributed by atoms with Crippen molar-refractivity contribution in [2.24, 2.45) is 0 Å². The van der Waals surface area contributed by atoms with Gasteiger partial charge in [-0.05, 0) is 102 Å². The number of rotatable bonds is 6. The molecule has 49 heavy (non-hydrogen) atoms. The zero-order valence-corrected chi connectivity index (χ0v) is 28.3. The minimum atomic E-state index is 1.17. The van der Waals surface area contributed by atoms with Crippen LogP contribution in [0.1, 0.15) is 27.8 Å². The van der Waals surface area contributed by atoms with Crippen molar-refractivity contribution in [3.63, 3.8) is 0 Å². The zero-order chi connectivity index (χ0) is 33.6. The summed E-state index contributed by atoms with van der Waals surface area (Å²) in [5, 5.41) is 8.36. The van der Waals surface area contributed by atoms with Gasteiger partial charge < -0.3 is 9.88 Å². The molecule has 0 unspecified atom stereocenters. The summed E-state index contributed by atoms with van der Waals surface area (Å²) in [5.74, 6) is 0. The van der Waals surface area contributed by atoms with E-state index >= 15 is 0 Å². The molecule has 0 saturated carbocycles. The molecule has 0 spiro atoms. The Morgan fingerprint density at radius 1 is 0.469 bits per heavy atom. The molecule has 0 radical (unpaired) electrons. The molecule has 2 heteroatoms. The van der Waals surface area contributed by atoms with Crippen LogP contribution in [0.5, 0.6) is 0 Å². The zero-order valence-electron chi connectivity index (χ0n) is 28.3. The van der Waals surface area contributed by atoms with Crippen molar-refractivity contribution in [3.8, 4) is 16.8 Å². The fourth-order valence-corrected chi connectivity index (χ4v) is 6.53. The van der Waals surface area contributed by atoms with Crippen molar-refractivity contribution in [2.45, 2.75) is 20.8 Å². The maximum atomic E-state index is 3.32. The molecular formula is C47H40N2. The van der Waals surface area contributed by atoms with Crippen LogP contribution in [-0.4, -0.2) is 4.57 Å². The van der Waals surface area contributed by atoms with Crippen molar-refractivity contribution in [2.75, 3.05) is 0 Å². The van der Waals surface area contributed by atoms with Crippen molar-refractivity contribution in [1.82, 2.24) is 9.88 Å². The van der Waals surface area contributed by atoms with Gasteiger partial charge in [0.15, 0.2) is 0 Å². The van der Waals surface area contributed by atoms with E-state index in [0.29, 0.717) is 0 Å². The quantitative estimate of drug-likeness (QED) is 0.193. The lowest BCUT2D eigenvalue weighted by Gasteiger charge is -2.13. The number of benzene rings is 7. The lowest BCUT2D eigenvalue weighted by molar-refractivity contribution is 1.19. The van der Waals surface area contributed by atoms with Gasteiger partial charge in [0.1, 0.15) is 0 Å². The summed E-state index contributed by atoms with van der Waals surface area (Å²) in [6.45, 7) is 6.38. The molecule has 0 amide bonds. The lowest BCUT2D eigenvalue weighted by Crippen LogP contribution is -1.95. The first kappa shape index (κ1) is 31.5. The molecule has 7 aromatic carbocycles. The molecule has 1 N–H and O–H groups in total. The normalized spacial score (nSPS) is 11.4. The second kappa shape index (κ2) is 14.3. The molecule has 0 bridgehead atoms. The average molecular weight is 633 g/mol. The smallest absolute Gasteiger partial charge is 0.0619 e. The largest absolute Gasteiger partial charge is 0.368 e. The van der Waals surface area contributed by atoms with Crippen LogP contribution in [0.2, 0.25) is 0 Å². The summed E-state index contributed by atoms with van der Waals surface area (Å²) in [6.07, 6.45) is 8.26. The average Bonchev–Trinajstić information content (AvgIpc) is 3.48. The number of para-hydroxylation sites is 2. The number of hydrogen-bond acceptors (Lipinski definition) is 1. The van der Waals surface area contributed by atoms with Gasteiger partial charge in [-0.3, -0.25) is 0 Å². The van der Waals surface area contributed by atoms with Gasteiger partial charge in [-0.15, -0.1) is 0 Å². The van der Waals surface area contributed by atoms with Gasteiger partial charge in [0, 0.05) is 34.2 Å². The van der Waals surface area contributed by atoms with Gasteiger partial charge in [-0.2, -0.15) is 0 Å². The highest BCUT2D eigenvalue weighted by atomic mass is 15.0. The van der Waals surface area contributed by atoms with Crippen molar-refractivity contribution in [1.29, 1.82) is 0 Å². The Labute approximate surface area is 289 Å². The Hall–Kier alpha value is -6.12. The Kier molecular flexibility index (Phi) is 9.21. The summed E-state index contributed by atoms with van der Waals surface area (Å²) in [6, 6.07) is 56.1. The van der Waals surface area contributed by atoms with E-state index in [0.717, 1.165) is 0 Å². The van der Waals surface area contributed by atoms with E-state index < -0.39 is 0 Å². The predicted octanol–water partition coefficient (Wildman–Crippen LogP) is 12.4. The second-order valence-electron chi connectivity index (χ2n) is 12.5. The van der Waals surface area contributed by atoms with E-state index in [-0.39, 0.29) is 0 Å². The van der Waals surface area contributed by atoms with Gasteiger partial charge in [0.2, 0.25) is 0 Å². The number of nitrogens with one attached hydrogen (secondary N) is 1. The Bertz CT molecular complexity index is 2430. The Morgan fingerprint density at radius 3 is 1.78 bits per heavy atom. The topological polar surface area (TPSA) is 17.0 Å². The lowest BCUT2D eigenvalue weighted by atomic mass is 9.93. The molecule has 8 aromatic rings. The Balaban J connectivity index is 0.000000483. The van der Waals surface area contributed by atoms with E-state index in [9.17, 15) is 0 Å². The fraction of sp³-hybridized carbons (Fsp3) is 0.0638. The molecule has 0 atom stereocenters. The van der Waals surface area contributed by atoms with E-state index in [1.165, 1.54) is 77.2 Å². The highest BCUT2D eigenvalue weighted by Gasteiger charge is 2.17. The van der Waals surface area contributed by atoms with Gasteiger partial charge in [0.05, 0.1) is 11.0 Å². The third kappa shape index (κ3) is 6.68. The summed E-state index contributed by atoms with van der Waals surface area (Å²) >= 11 is 0. The van der Waals surface area contributed by atoms with Crippen molar-refractivity contribution < 1.29 is 0 Å². The molecule has 1 aromatic heterocycles. The van der Waals surface area contributed by atoms with Gasteiger partial charge in [0.25, 0.3) is 0 Å². The van der Waals surface area contributed by atoms with Crippen LogP contribution in [-0.2, 0) is 0 Å². The number of fused-ring (bicyclic) bond motifs is 5. The van der Waals surface area contributed by atoms with Crippen LogP contribution in [0.25, 0.3) is 61.5 Å². The number of nitrogens with zero attached hydrogens (tertiary/aromatic N) is 1. The number of hydrogen-bond donors (Lipinski definition) is 1. The molecule has 1 heterocycles. The summed E-state index contributed by atoms with van der Waals surface area (Å²) in [7, 11) is 0. The molecule has 0 aliphatic heterocycles. The molecule has 0 aliphatic rings. The summed E-state index contributed by atoms with van der Waals surface area (Å²) in [4.78, 5) is 0. The van der Waals surface area contributed by atoms with Crippen molar-refractivity contribution in [3.05, 3.63) is 198 Å². The first-order chi connectivity index (χ1) is 24.1. The van der Waals surface area contributed by atoms with E-state index in [1.807, 2.05) is 30.6 Å². The number of aryl methyl sites for hydroxylation is 3. The molecule has 2 nitrogen and oxygen atoms in total. The molecule has 0 aliphatic carbocycles. The summed E-state index contributed by atoms with van der Waals surface area (Å²) < 4.78 is 2.41. The highest BCUT2D eigenvalue weighted by molar-refractivity contribution is 6.22. The third-order valence-corrected chi connectivity index (χ3v) is 9.13. The minimum absolute atomic E-state index is 1.17. The second-order valence-corrected chi connectivity index (χ2v) is 12.5. The maximum Gasteiger partial charge on any atom is 0.0619 e. The molecule has 8 rings (SSSR count). The van der Waals surface area contributed by atoms with Gasteiger partial charge in [-0.1, -0.05) is 133 Å². The maximum absolute atomic E-state index is 3.32. The highest BCUT2D eigenvalue weighted by Crippen LogP contribution is 2.41. The van der Waals surface area contributed by atoms with Crippen LogP contribution in [0.15, 0.2) is 170 Å². The molecule has 0 fully saturated rings. The SMILES string of the molecule is Cc1ccc(-c2cc3c4ccccc4n(-c4ccccc4)c3c3ccccc23)cc1/C=C\N/C=C/c1ccccc1C.Cc1ccccc1. The third-order valence-electron chi connectivity index (χ3n) is 9.13. The molecule has 0 saturated heterocycles. The summed E-state index contributed by atoms with van der Waals surface area (Å²) in [5.41, 5.74) is 12.3. The Morgan fingerprint density at radius 2 is 1.06 bits per heavy atom. The van der Waals surface area contributed by atoms with Gasteiger partial charge in [-0.25, -0.2) is 0 Å². The van der Waals surface area contributed by atoms with Gasteiger partial charge >= 0.3 is 0 Å². The molecular weight excluding hydrogens is 593 g/mol. The van der Waals surface area contributed by atoms with Crippen LogP contribution < -0.4 is 5.32 Å². The first-order valence-corrected chi connectivity index (χ1v) is 16.9. The van der Waals surface area contributed by atoms with Crippen LogP contribution in [0.4, 0.5) is 0 Å². The first-order valence-electron chi connectivity index (χ1n) is 16.9. The van der Waals surface area contributed by atoms with Crippen molar-refractivity contribution >= 4 is 44.7 Å². The molecule has 238 valence electrons.